The first-order valence-corrected chi connectivity index (χ1v) is 9.46. The highest BCUT2D eigenvalue weighted by molar-refractivity contribution is 5.98. The molecule has 1 aromatic carbocycles. The zero-order chi connectivity index (χ0) is 18.5. The summed E-state index contributed by atoms with van der Waals surface area (Å²) in [6, 6.07) is 4.42. The van der Waals surface area contributed by atoms with Gasteiger partial charge in [-0.1, -0.05) is 58.3 Å². The number of carbonyl (C=O) groups is 1. The highest BCUT2D eigenvalue weighted by atomic mass is 16.3. The lowest BCUT2D eigenvalue weighted by Crippen LogP contribution is -2.19. The van der Waals surface area contributed by atoms with Crippen molar-refractivity contribution in [3.8, 4) is 5.75 Å². The number of hydrogen-bond acceptors (Lipinski definition) is 4. The van der Waals surface area contributed by atoms with Gasteiger partial charge in [0, 0.05) is 17.5 Å². The molecule has 1 amide bonds. The Bertz CT molecular complexity index is 556. The van der Waals surface area contributed by atoms with Gasteiger partial charge in [0.05, 0.1) is 5.56 Å². The number of amides is 1. The minimum atomic E-state index is -0.427. The van der Waals surface area contributed by atoms with Crippen molar-refractivity contribution in [2.45, 2.75) is 78.1 Å². The number of rotatable bonds is 12. The van der Waals surface area contributed by atoms with Crippen molar-refractivity contribution in [1.29, 1.82) is 0 Å². The summed E-state index contributed by atoms with van der Waals surface area (Å²) in [6.45, 7) is 4.15. The Hall–Kier alpha value is -2.04. The van der Waals surface area contributed by atoms with E-state index in [1.165, 1.54) is 63.5 Å². The highest BCUT2D eigenvalue weighted by Gasteiger charge is 2.10. The van der Waals surface area contributed by atoms with Crippen LogP contribution in [0.3, 0.4) is 0 Å². The Morgan fingerprint density at radius 2 is 1.68 bits per heavy atom. The second-order valence-corrected chi connectivity index (χ2v) is 6.64. The lowest BCUT2D eigenvalue weighted by atomic mass is 10.1. The molecule has 0 unspecified atom stereocenters. The standard InChI is InChI=1S/C20H33N3O2/c1-3-4-5-6-7-8-9-10-11-12-16(2)22-23-20(25)18-14-13-17(21)15-19(18)24/h13-15,24H,3-12,21H2,1-2H3,(H,23,25)/b22-16+. The molecule has 0 radical (unpaired) electrons. The number of carbonyl (C=O) groups excluding carboxylic acids is 1. The number of hydrazone groups is 1. The lowest BCUT2D eigenvalue weighted by Gasteiger charge is -2.05. The fourth-order valence-electron chi connectivity index (χ4n) is 2.69. The second kappa shape index (κ2) is 12.3. The first kappa shape index (κ1) is 21.0. The molecule has 0 atom stereocenters. The summed E-state index contributed by atoms with van der Waals surface area (Å²) in [4.78, 5) is 12.0. The molecule has 0 saturated carbocycles. The van der Waals surface area contributed by atoms with Gasteiger partial charge in [-0.05, 0) is 31.9 Å². The van der Waals surface area contributed by atoms with Gasteiger partial charge in [-0.2, -0.15) is 5.10 Å². The van der Waals surface area contributed by atoms with E-state index in [0.717, 1.165) is 18.6 Å². The van der Waals surface area contributed by atoms with E-state index in [1.807, 2.05) is 6.92 Å². The maximum atomic E-state index is 12.0. The number of aromatic hydroxyl groups is 1. The third-order valence-electron chi connectivity index (χ3n) is 4.26. The van der Waals surface area contributed by atoms with Crippen molar-refractivity contribution in [1.82, 2.24) is 5.43 Å². The van der Waals surface area contributed by atoms with Crippen LogP contribution in [0.2, 0.25) is 0 Å². The molecule has 0 aromatic heterocycles. The van der Waals surface area contributed by atoms with E-state index in [9.17, 15) is 9.90 Å². The van der Waals surface area contributed by atoms with Gasteiger partial charge in [-0.15, -0.1) is 0 Å². The molecular formula is C20H33N3O2. The summed E-state index contributed by atoms with van der Waals surface area (Å²) in [6.07, 6.45) is 12.5. The molecule has 0 spiro atoms. The summed E-state index contributed by atoms with van der Waals surface area (Å²) in [5, 5.41) is 13.8. The van der Waals surface area contributed by atoms with E-state index in [1.54, 1.807) is 6.07 Å². The maximum absolute atomic E-state index is 12.0. The number of benzene rings is 1. The maximum Gasteiger partial charge on any atom is 0.275 e. The molecule has 5 nitrogen and oxygen atoms in total. The van der Waals surface area contributed by atoms with Gasteiger partial charge in [0.15, 0.2) is 0 Å². The van der Waals surface area contributed by atoms with Crippen LogP contribution in [0.25, 0.3) is 0 Å². The zero-order valence-corrected chi connectivity index (χ0v) is 15.7. The van der Waals surface area contributed by atoms with Crippen molar-refractivity contribution in [2.24, 2.45) is 5.10 Å². The Morgan fingerprint density at radius 3 is 2.28 bits per heavy atom. The highest BCUT2D eigenvalue weighted by Crippen LogP contribution is 2.19. The monoisotopic (exact) mass is 347 g/mol. The molecule has 1 aromatic rings. The van der Waals surface area contributed by atoms with E-state index >= 15 is 0 Å². The average molecular weight is 348 g/mol. The summed E-state index contributed by atoms with van der Waals surface area (Å²) < 4.78 is 0. The number of unbranched alkanes of at least 4 members (excludes halogenated alkanes) is 8. The number of nitrogens with zero attached hydrogens (tertiary/aromatic N) is 1. The molecule has 0 saturated heterocycles. The van der Waals surface area contributed by atoms with Crippen molar-refractivity contribution in [3.63, 3.8) is 0 Å². The van der Waals surface area contributed by atoms with Crippen LogP contribution in [-0.4, -0.2) is 16.7 Å². The third-order valence-corrected chi connectivity index (χ3v) is 4.26. The fourth-order valence-corrected chi connectivity index (χ4v) is 2.69. The van der Waals surface area contributed by atoms with Crippen LogP contribution >= 0.6 is 0 Å². The number of nitrogen functional groups attached to an aromatic ring is 1. The van der Waals surface area contributed by atoms with Crippen molar-refractivity contribution >= 4 is 17.3 Å². The SMILES string of the molecule is CCCCCCCCCCC/C(C)=N/NC(=O)c1ccc(N)cc1O. The summed E-state index contributed by atoms with van der Waals surface area (Å²) in [5.41, 5.74) is 9.52. The van der Waals surface area contributed by atoms with E-state index in [0.29, 0.717) is 5.69 Å². The van der Waals surface area contributed by atoms with Crippen molar-refractivity contribution in [2.75, 3.05) is 5.73 Å². The predicted octanol–water partition coefficient (Wildman–Crippen LogP) is 5.00. The minimum absolute atomic E-state index is 0.135. The molecule has 0 heterocycles. The summed E-state index contributed by atoms with van der Waals surface area (Å²) >= 11 is 0. The number of hydrogen-bond donors (Lipinski definition) is 3. The van der Waals surface area contributed by atoms with E-state index in [4.69, 9.17) is 5.73 Å². The van der Waals surface area contributed by atoms with Crippen molar-refractivity contribution < 1.29 is 9.90 Å². The largest absolute Gasteiger partial charge is 0.507 e. The van der Waals surface area contributed by atoms with Crippen LogP contribution in [-0.2, 0) is 0 Å². The topological polar surface area (TPSA) is 87.7 Å². The third kappa shape index (κ3) is 9.13. The molecule has 0 fully saturated rings. The summed E-state index contributed by atoms with van der Waals surface area (Å²) in [7, 11) is 0. The van der Waals surface area contributed by atoms with Crippen LogP contribution < -0.4 is 11.2 Å². The summed E-state index contributed by atoms with van der Waals surface area (Å²) in [5.74, 6) is -0.562. The number of phenols is 1. The lowest BCUT2D eigenvalue weighted by molar-refractivity contribution is 0.0952. The quantitative estimate of drug-likeness (QED) is 0.215. The first-order chi connectivity index (χ1) is 12.0. The van der Waals surface area contributed by atoms with Crippen LogP contribution in [0.1, 0.15) is 88.4 Å². The van der Waals surface area contributed by atoms with E-state index in [2.05, 4.69) is 17.5 Å². The number of phenolic OH excluding ortho intramolecular Hbond substituents is 1. The normalized spacial score (nSPS) is 11.5. The molecule has 25 heavy (non-hydrogen) atoms. The van der Waals surface area contributed by atoms with E-state index < -0.39 is 5.91 Å². The van der Waals surface area contributed by atoms with Gasteiger partial charge in [0.1, 0.15) is 5.75 Å². The fraction of sp³-hybridized carbons (Fsp3) is 0.600. The molecule has 4 N–H and O–H groups in total. The Labute approximate surface area is 151 Å². The molecule has 5 heteroatoms. The molecule has 0 aliphatic heterocycles. The molecule has 1 rings (SSSR count). The van der Waals surface area contributed by atoms with Gasteiger partial charge in [-0.3, -0.25) is 4.79 Å². The van der Waals surface area contributed by atoms with Crippen LogP contribution in [0.4, 0.5) is 5.69 Å². The number of anilines is 1. The average Bonchev–Trinajstić information content (AvgIpc) is 2.58. The molecule has 0 bridgehead atoms. The Balaban J connectivity index is 2.18. The number of nitrogens with one attached hydrogen (secondary N) is 1. The Morgan fingerprint density at radius 1 is 1.08 bits per heavy atom. The Kier molecular flexibility index (Phi) is 10.4. The van der Waals surface area contributed by atoms with Gasteiger partial charge in [0.25, 0.3) is 5.91 Å². The molecule has 0 aliphatic carbocycles. The second-order valence-electron chi connectivity index (χ2n) is 6.64. The van der Waals surface area contributed by atoms with Gasteiger partial charge >= 0.3 is 0 Å². The molecule has 140 valence electrons. The number of nitrogens with two attached hydrogens (primary N) is 1. The van der Waals surface area contributed by atoms with Gasteiger partial charge in [-0.25, -0.2) is 5.43 Å². The van der Waals surface area contributed by atoms with Crippen LogP contribution in [0, 0.1) is 0 Å². The zero-order valence-electron chi connectivity index (χ0n) is 15.7. The van der Waals surface area contributed by atoms with Crippen LogP contribution in [0.15, 0.2) is 23.3 Å². The van der Waals surface area contributed by atoms with Crippen LogP contribution in [0.5, 0.6) is 5.75 Å². The predicted molar refractivity (Wildman–Crippen MR) is 105 cm³/mol. The smallest absolute Gasteiger partial charge is 0.275 e. The van der Waals surface area contributed by atoms with Gasteiger partial charge in [0.2, 0.25) is 0 Å². The first-order valence-electron chi connectivity index (χ1n) is 9.46. The minimum Gasteiger partial charge on any atom is -0.507 e. The molecular weight excluding hydrogens is 314 g/mol. The van der Waals surface area contributed by atoms with E-state index in [-0.39, 0.29) is 11.3 Å². The van der Waals surface area contributed by atoms with Gasteiger partial charge < -0.3 is 10.8 Å². The van der Waals surface area contributed by atoms with Crippen molar-refractivity contribution in [3.05, 3.63) is 23.8 Å². The molecule has 0 aliphatic rings.